The summed E-state index contributed by atoms with van der Waals surface area (Å²) in [7, 11) is 0. The summed E-state index contributed by atoms with van der Waals surface area (Å²) in [4.78, 5) is 156. The Labute approximate surface area is 423 Å². The highest BCUT2D eigenvalue weighted by molar-refractivity contribution is 6.00. The summed E-state index contributed by atoms with van der Waals surface area (Å²) in [6.07, 6.45) is -1.09. The Bertz CT molecular complexity index is 2080. The van der Waals surface area contributed by atoms with Crippen LogP contribution in [0.2, 0.25) is 0 Å². The molecule has 73 heavy (non-hydrogen) atoms. The standard InChI is InChI=1S/C47H75N11O15/c1-8-25(5)38(51-27(7)60)46(72)54-30(19-28-15-11-10-12-16-28)44(70)57-37(24(3)4)45(71)58-39(26(6)9-2)47(73)55-32(21-36(64)65)43(69)53-31(20-35(62)63)42(68)52-29(17-13-14-18-48)41(67)56-33(23-59)40(66)50-22-34(49)61/h10-12,15-16,24-26,29-33,37-39,59H,8-9,13-14,17-23,48H2,1-7H3,(H2,49,61)(H,50,66)(H,51,60)(H,52,68)(H,53,69)(H,54,72)(H,55,73)(H,56,67)(H,57,70)(H,58,71)(H,62,63)(H,64,65)/t25-,26-,29-,30-,31-,32-,33-,37-,38-,39-/m0/s1. The number of aliphatic carboxylic acids is 2. The molecule has 0 spiro atoms. The maximum atomic E-state index is 14.1. The van der Waals surface area contributed by atoms with Crippen molar-refractivity contribution in [1.29, 1.82) is 0 Å². The zero-order valence-corrected chi connectivity index (χ0v) is 42.4. The Kier molecular flexibility index (Phi) is 28.6. The molecule has 0 saturated carbocycles. The number of carbonyl (C=O) groups excluding carboxylic acids is 10. The van der Waals surface area contributed by atoms with E-state index in [2.05, 4.69) is 47.9 Å². The molecule has 0 bridgehead atoms. The molecule has 10 atom stereocenters. The Morgan fingerprint density at radius 3 is 1.41 bits per heavy atom. The third kappa shape index (κ3) is 23.3. The number of hydrogen-bond acceptors (Lipinski definition) is 14. The molecule has 16 N–H and O–H groups in total. The number of hydrogen-bond donors (Lipinski definition) is 14. The lowest BCUT2D eigenvalue weighted by atomic mass is 9.95. The first-order chi connectivity index (χ1) is 34.3. The van der Waals surface area contributed by atoms with Gasteiger partial charge in [-0.05, 0) is 49.1 Å². The van der Waals surface area contributed by atoms with Crippen LogP contribution >= 0.6 is 0 Å². The van der Waals surface area contributed by atoms with Gasteiger partial charge in [0.05, 0.1) is 26.0 Å². The largest absolute Gasteiger partial charge is 0.481 e. The summed E-state index contributed by atoms with van der Waals surface area (Å²) in [6, 6.07) is -3.54. The van der Waals surface area contributed by atoms with Crippen LogP contribution in [0.4, 0.5) is 0 Å². The molecule has 0 heterocycles. The van der Waals surface area contributed by atoms with E-state index in [1.54, 1.807) is 65.0 Å². The summed E-state index contributed by atoms with van der Waals surface area (Å²) in [5, 5.41) is 50.8. The van der Waals surface area contributed by atoms with Gasteiger partial charge in [-0.3, -0.25) is 57.5 Å². The SMILES string of the molecule is CC[C@H](C)[C@H](NC(C)=O)C(=O)N[C@@H](Cc1ccccc1)C(=O)N[C@H](C(=O)N[C@H](C(=O)N[C@@H](CC(=O)O)C(=O)N[C@@H](CC(=O)O)C(=O)N[C@@H](CCCCN)C(=O)N[C@@H](CO)C(=O)NCC(N)=O)[C@@H](C)CC)C(C)C. The van der Waals surface area contributed by atoms with Crippen molar-refractivity contribution in [2.45, 2.75) is 148 Å². The van der Waals surface area contributed by atoms with Gasteiger partial charge < -0.3 is 74.6 Å². The molecule has 26 nitrogen and oxygen atoms in total. The first-order valence-corrected chi connectivity index (χ1v) is 24.0. The van der Waals surface area contributed by atoms with Gasteiger partial charge in [0.15, 0.2) is 0 Å². The molecule has 0 aliphatic rings. The number of amides is 10. The predicted octanol–water partition coefficient (Wildman–Crippen LogP) is -3.45. The van der Waals surface area contributed by atoms with Crippen molar-refractivity contribution in [2.24, 2.45) is 29.2 Å². The molecule has 1 aromatic carbocycles. The van der Waals surface area contributed by atoms with Gasteiger partial charge >= 0.3 is 11.9 Å². The second kappa shape index (κ2) is 32.7. The summed E-state index contributed by atoms with van der Waals surface area (Å²) in [5.74, 6) is -14.3. The van der Waals surface area contributed by atoms with Crippen LogP contribution in [0.5, 0.6) is 0 Å². The Balaban J connectivity index is 3.48. The van der Waals surface area contributed by atoms with Gasteiger partial charge in [-0.25, -0.2) is 0 Å². The van der Waals surface area contributed by atoms with E-state index < -0.39 is 157 Å². The van der Waals surface area contributed by atoms with Crippen molar-refractivity contribution in [3.8, 4) is 0 Å². The molecular formula is C47H75N11O15. The molecule has 0 fully saturated rings. The molecule has 408 valence electrons. The molecule has 0 unspecified atom stereocenters. The number of aliphatic hydroxyl groups is 1. The minimum absolute atomic E-state index is 0.0191. The number of benzene rings is 1. The third-order valence-electron chi connectivity index (χ3n) is 11.7. The van der Waals surface area contributed by atoms with E-state index in [1.165, 1.54) is 6.92 Å². The second-order valence-electron chi connectivity index (χ2n) is 18.0. The highest BCUT2D eigenvalue weighted by atomic mass is 16.4. The number of aliphatic hydroxyl groups excluding tert-OH is 1. The summed E-state index contributed by atoms with van der Waals surface area (Å²) in [6.45, 7) is 9.88. The molecule has 1 rings (SSSR count). The molecule has 0 radical (unpaired) electrons. The van der Waals surface area contributed by atoms with Gasteiger partial charge in [0.1, 0.15) is 48.3 Å². The average molecular weight is 1030 g/mol. The normalized spacial score (nSPS) is 15.1. The number of carboxylic acids is 2. The number of carbonyl (C=O) groups is 12. The highest BCUT2D eigenvalue weighted by Crippen LogP contribution is 2.14. The number of rotatable bonds is 34. The number of primary amides is 1. The first-order valence-electron chi connectivity index (χ1n) is 24.0. The van der Waals surface area contributed by atoms with Gasteiger partial charge in [0, 0.05) is 13.3 Å². The zero-order chi connectivity index (χ0) is 55.5. The smallest absolute Gasteiger partial charge is 0.305 e. The zero-order valence-electron chi connectivity index (χ0n) is 42.4. The topological polar surface area (TPSA) is 426 Å². The number of nitrogens with two attached hydrogens (primary N) is 2. The van der Waals surface area contributed by atoms with E-state index in [0.717, 1.165) is 0 Å². The quantitative estimate of drug-likeness (QED) is 0.0299. The van der Waals surface area contributed by atoms with Crippen molar-refractivity contribution in [3.63, 3.8) is 0 Å². The minimum Gasteiger partial charge on any atom is -0.481 e. The lowest BCUT2D eigenvalue weighted by Gasteiger charge is -2.31. The van der Waals surface area contributed by atoms with Crippen LogP contribution in [0, 0.1) is 17.8 Å². The van der Waals surface area contributed by atoms with Gasteiger partial charge in [-0.15, -0.1) is 0 Å². The van der Waals surface area contributed by atoms with E-state index in [1.807, 2.05) is 6.92 Å². The fourth-order valence-corrected chi connectivity index (χ4v) is 7.07. The molecular weight excluding hydrogens is 959 g/mol. The summed E-state index contributed by atoms with van der Waals surface area (Å²) < 4.78 is 0. The first kappa shape index (κ1) is 63.8. The van der Waals surface area contributed by atoms with E-state index in [-0.39, 0.29) is 38.1 Å². The second-order valence-corrected chi connectivity index (χ2v) is 18.0. The minimum atomic E-state index is -2.00. The lowest BCUT2D eigenvalue weighted by Crippen LogP contribution is -2.62. The van der Waals surface area contributed by atoms with Crippen molar-refractivity contribution in [2.75, 3.05) is 19.7 Å². The number of carboxylic acid groups (broad SMARTS) is 2. The molecule has 0 aliphatic heterocycles. The molecule has 10 amide bonds. The van der Waals surface area contributed by atoms with Crippen LogP contribution < -0.4 is 59.3 Å². The fraction of sp³-hybridized carbons (Fsp3) is 0.617. The van der Waals surface area contributed by atoms with Crippen LogP contribution in [0.1, 0.15) is 99.0 Å². The van der Waals surface area contributed by atoms with Gasteiger partial charge in [0.25, 0.3) is 0 Å². The molecule has 1 aromatic rings. The third-order valence-corrected chi connectivity index (χ3v) is 11.7. The molecule has 0 saturated heterocycles. The monoisotopic (exact) mass is 1030 g/mol. The fourth-order valence-electron chi connectivity index (χ4n) is 7.07. The van der Waals surface area contributed by atoms with Crippen LogP contribution in [-0.2, 0) is 64.0 Å². The average Bonchev–Trinajstić information content (AvgIpc) is 3.32. The van der Waals surface area contributed by atoms with Gasteiger partial charge in [-0.2, -0.15) is 0 Å². The predicted molar refractivity (Wildman–Crippen MR) is 262 cm³/mol. The van der Waals surface area contributed by atoms with Crippen LogP contribution in [0.25, 0.3) is 0 Å². The highest BCUT2D eigenvalue weighted by Gasteiger charge is 2.38. The summed E-state index contributed by atoms with van der Waals surface area (Å²) >= 11 is 0. The number of nitrogens with one attached hydrogen (secondary N) is 9. The van der Waals surface area contributed by atoms with E-state index in [9.17, 15) is 72.9 Å². The van der Waals surface area contributed by atoms with Crippen molar-refractivity contribution in [3.05, 3.63) is 35.9 Å². The Hall–Kier alpha value is -7.22. The maximum absolute atomic E-state index is 14.1. The van der Waals surface area contributed by atoms with Gasteiger partial charge in [0.2, 0.25) is 59.1 Å². The summed E-state index contributed by atoms with van der Waals surface area (Å²) in [5.41, 5.74) is 11.3. The van der Waals surface area contributed by atoms with Crippen molar-refractivity contribution in [1.82, 2.24) is 47.9 Å². The van der Waals surface area contributed by atoms with Gasteiger partial charge in [-0.1, -0.05) is 84.7 Å². The Morgan fingerprint density at radius 1 is 0.534 bits per heavy atom. The van der Waals surface area contributed by atoms with E-state index >= 15 is 0 Å². The van der Waals surface area contributed by atoms with E-state index in [0.29, 0.717) is 18.4 Å². The molecule has 0 aromatic heterocycles. The molecule has 26 heteroatoms. The molecule has 0 aliphatic carbocycles. The van der Waals surface area contributed by atoms with Crippen LogP contribution in [0.3, 0.4) is 0 Å². The number of unbranched alkanes of at least 4 members (excludes halogenated alkanes) is 1. The van der Waals surface area contributed by atoms with Crippen LogP contribution in [0.15, 0.2) is 30.3 Å². The lowest BCUT2D eigenvalue weighted by molar-refractivity contribution is -0.144. The van der Waals surface area contributed by atoms with Crippen molar-refractivity contribution >= 4 is 71.0 Å². The van der Waals surface area contributed by atoms with Crippen molar-refractivity contribution < 1.29 is 72.9 Å². The maximum Gasteiger partial charge on any atom is 0.305 e. The van der Waals surface area contributed by atoms with E-state index in [4.69, 9.17) is 11.5 Å². The Morgan fingerprint density at radius 2 is 0.959 bits per heavy atom. The van der Waals surface area contributed by atoms with Crippen LogP contribution in [-0.4, -0.2) is 154 Å².